The molecule has 0 fully saturated rings. The van der Waals surface area contributed by atoms with Crippen LogP contribution in [-0.4, -0.2) is 17.2 Å². The van der Waals surface area contributed by atoms with E-state index in [-0.39, 0.29) is 5.78 Å². The van der Waals surface area contributed by atoms with Crippen LogP contribution in [0.15, 0.2) is 29.4 Å². The molecule has 21 heavy (non-hydrogen) atoms. The number of alkyl halides is 1. The molecule has 5 heteroatoms. The maximum absolute atomic E-state index is 11.2. The zero-order chi connectivity index (χ0) is 15.5. The molecule has 4 nitrogen and oxygen atoms in total. The first-order chi connectivity index (χ1) is 10.1. The van der Waals surface area contributed by atoms with Crippen molar-refractivity contribution in [1.29, 1.82) is 0 Å². The summed E-state index contributed by atoms with van der Waals surface area (Å²) >= 11 is 3.72. The molecule has 1 aromatic carbocycles. The molecule has 1 rings (SSSR count). The summed E-state index contributed by atoms with van der Waals surface area (Å²) in [7, 11) is 0. The third-order valence-corrected chi connectivity index (χ3v) is 4.19. The van der Waals surface area contributed by atoms with E-state index >= 15 is 0 Å². The molecule has 0 N–H and O–H groups in total. The van der Waals surface area contributed by atoms with Crippen molar-refractivity contribution in [3.63, 3.8) is 0 Å². The summed E-state index contributed by atoms with van der Waals surface area (Å²) in [6, 6.07) is 7.86. The van der Waals surface area contributed by atoms with Crippen molar-refractivity contribution >= 4 is 21.7 Å². The summed E-state index contributed by atoms with van der Waals surface area (Å²) in [5.74, 6) is 0.109. The Labute approximate surface area is 134 Å². The van der Waals surface area contributed by atoms with E-state index in [1.54, 1.807) is 6.92 Å². The molecule has 0 radical (unpaired) electrons. The van der Waals surface area contributed by atoms with Crippen LogP contribution in [0, 0.1) is 0 Å². The van der Waals surface area contributed by atoms with Gasteiger partial charge in [-0.25, -0.2) is 0 Å². The quantitative estimate of drug-likeness (QED) is 0.138. The van der Waals surface area contributed by atoms with Gasteiger partial charge in [-0.2, -0.15) is 0 Å². The van der Waals surface area contributed by atoms with E-state index in [0.717, 1.165) is 31.2 Å². The molecule has 0 aromatic heterocycles. The van der Waals surface area contributed by atoms with Crippen LogP contribution >= 0.6 is 15.9 Å². The minimum atomic E-state index is 0.109. The number of benzene rings is 1. The van der Waals surface area contributed by atoms with Crippen molar-refractivity contribution in [1.82, 2.24) is 0 Å². The molecular formula is C16H22BrN3O. The summed E-state index contributed by atoms with van der Waals surface area (Å²) in [6.45, 7) is 2.20. The number of nitrogens with zero attached hydrogens (tertiary/aromatic N) is 3. The molecule has 0 saturated carbocycles. The normalized spacial score (nSPS) is 11.7. The molecule has 0 aliphatic heterocycles. The lowest BCUT2D eigenvalue weighted by Crippen LogP contribution is -2.03. The number of unbranched alkanes of at least 4 members (excludes halogenated alkanes) is 3. The lowest BCUT2D eigenvalue weighted by Gasteiger charge is -2.10. The molecule has 0 amide bonds. The smallest absolute Gasteiger partial charge is 0.159 e. The summed E-state index contributed by atoms with van der Waals surface area (Å²) < 4.78 is 0. The first kappa shape index (κ1) is 17.7. The summed E-state index contributed by atoms with van der Waals surface area (Å²) in [6.07, 6.45) is 6.56. The van der Waals surface area contributed by atoms with Crippen LogP contribution in [0.3, 0.4) is 0 Å². The maximum Gasteiger partial charge on any atom is 0.159 e. The topological polar surface area (TPSA) is 65.8 Å². The van der Waals surface area contributed by atoms with Gasteiger partial charge in [-0.3, -0.25) is 4.79 Å². The van der Waals surface area contributed by atoms with Gasteiger partial charge in [0.1, 0.15) is 0 Å². The van der Waals surface area contributed by atoms with Crippen molar-refractivity contribution < 1.29 is 4.79 Å². The first-order valence-corrected chi connectivity index (χ1v) is 8.30. The Balaban J connectivity index is 2.19. The van der Waals surface area contributed by atoms with E-state index in [4.69, 9.17) is 5.53 Å². The van der Waals surface area contributed by atoms with Crippen molar-refractivity contribution in [3.05, 3.63) is 45.8 Å². The van der Waals surface area contributed by atoms with E-state index in [9.17, 15) is 4.79 Å². The predicted octanol–water partition coefficient (Wildman–Crippen LogP) is 5.46. The monoisotopic (exact) mass is 351 g/mol. The van der Waals surface area contributed by atoms with Crippen molar-refractivity contribution in [2.75, 3.05) is 6.54 Å². The molecule has 0 aliphatic rings. The molecule has 0 spiro atoms. The van der Waals surface area contributed by atoms with Gasteiger partial charge in [0.25, 0.3) is 0 Å². The van der Waals surface area contributed by atoms with Crippen LogP contribution in [0.25, 0.3) is 10.4 Å². The molecule has 1 aromatic rings. The fourth-order valence-electron chi connectivity index (χ4n) is 2.18. The SMILES string of the molecule is CC(=O)c1ccc(CC(Br)CCCCCCN=[N+]=[N-])cc1. The van der Waals surface area contributed by atoms with E-state index < -0.39 is 0 Å². The molecule has 0 aliphatic carbocycles. The molecule has 0 heterocycles. The van der Waals surface area contributed by atoms with Gasteiger partial charge in [-0.15, -0.1) is 0 Å². The molecule has 1 atom stereocenters. The summed E-state index contributed by atoms with van der Waals surface area (Å²) in [4.78, 5) is 14.4. The van der Waals surface area contributed by atoms with Crippen LogP contribution in [-0.2, 0) is 6.42 Å². The number of ketones is 1. The standard InChI is InChI=1S/C16H22BrN3O/c1-13(21)15-9-7-14(8-10-15)12-16(17)6-4-2-3-5-11-19-20-18/h7-10,16H,2-6,11-12H2,1H3. The number of carbonyl (C=O) groups excluding carboxylic acids is 1. The van der Waals surface area contributed by atoms with E-state index in [1.807, 2.05) is 24.3 Å². The Morgan fingerprint density at radius 3 is 2.52 bits per heavy atom. The second-order valence-corrected chi connectivity index (χ2v) is 6.51. The van der Waals surface area contributed by atoms with E-state index in [0.29, 0.717) is 11.4 Å². The largest absolute Gasteiger partial charge is 0.295 e. The molecule has 114 valence electrons. The Morgan fingerprint density at radius 2 is 1.90 bits per heavy atom. The van der Waals surface area contributed by atoms with Crippen molar-refractivity contribution in [2.24, 2.45) is 5.11 Å². The van der Waals surface area contributed by atoms with Gasteiger partial charge < -0.3 is 0 Å². The summed E-state index contributed by atoms with van der Waals surface area (Å²) in [5.41, 5.74) is 10.2. The predicted molar refractivity (Wildman–Crippen MR) is 90.0 cm³/mol. The van der Waals surface area contributed by atoms with E-state index in [2.05, 4.69) is 26.0 Å². The minimum absolute atomic E-state index is 0.109. The zero-order valence-electron chi connectivity index (χ0n) is 12.5. The highest BCUT2D eigenvalue weighted by Crippen LogP contribution is 2.17. The third kappa shape index (κ3) is 7.88. The molecule has 1 unspecified atom stereocenters. The average molecular weight is 352 g/mol. The lowest BCUT2D eigenvalue weighted by molar-refractivity contribution is 0.101. The van der Waals surface area contributed by atoms with Crippen LogP contribution in [0.1, 0.15) is 54.9 Å². The second-order valence-electron chi connectivity index (χ2n) is 5.21. The highest BCUT2D eigenvalue weighted by Gasteiger charge is 2.06. The zero-order valence-corrected chi connectivity index (χ0v) is 14.1. The Morgan fingerprint density at radius 1 is 1.24 bits per heavy atom. The number of hydrogen-bond donors (Lipinski definition) is 0. The van der Waals surface area contributed by atoms with Gasteiger partial charge in [0.05, 0.1) is 0 Å². The maximum atomic E-state index is 11.2. The van der Waals surface area contributed by atoms with Gasteiger partial charge in [0.2, 0.25) is 0 Å². The number of hydrogen-bond acceptors (Lipinski definition) is 2. The minimum Gasteiger partial charge on any atom is -0.295 e. The highest BCUT2D eigenvalue weighted by molar-refractivity contribution is 9.09. The first-order valence-electron chi connectivity index (χ1n) is 7.38. The van der Waals surface area contributed by atoms with Gasteiger partial charge >= 0.3 is 0 Å². The fourth-order valence-corrected chi connectivity index (χ4v) is 2.88. The van der Waals surface area contributed by atoms with Gasteiger partial charge in [0, 0.05) is 21.8 Å². The summed E-state index contributed by atoms with van der Waals surface area (Å²) in [5, 5.41) is 3.53. The van der Waals surface area contributed by atoms with Crippen molar-refractivity contribution in [3.8, 4) is 0 Å². The Kier molecular flexibility index (Phi) is 8.79. The van der Waals surface area contributed by atoms with Crippen LogP contribution < -0.4 is 0 Å². The second kappa shape index (κ2) is 10.4. The van der Waals surface area contributed by atoms with E-state index in [1.165, 1.54) is 18.4 Å². The molecule has 0 bridgehead atoms. The number of carbonyl (C=O) groups is 1. The van der Waals surface area contributed by atoms with Gasteiger partial charge in [-0.1, -0.05) is 64.6 Å². The Hall–Kier alpha value is -1.32. The third-order valence-electron chi connectivity index (χ3n) is 3.41. The number of azide groups is 1. The van der Waals surface area contributed by atoms with Crippen LogP contribution in [0.5, 0.6) is 0 Å². The number of halogens is 1. The number of rotatable bonds is 10. The molecule has 0 saturated heterocycles. The highest BCUT2D eigenvalue weighted by atomic mass is 79.9. The number of Topliss-reactive ketones (excluding diaryl/α,β-unsaturated/α-hetero) is 1. The lowest BCUT2D eigenvalue weighted by atomic mass is 10.0. The van der Waals surface area contributed by atoms with Crippen molar-refractivity contribution in [2.45, 2.75) is 50.3 Å². The fraction of sp³-hybridized carbons (Fsp3) is 0.562. The molecular weight excluding hydrogens is 330 g/mol. The van der Waals surface area contributed by atoms with Crippen LogP contribution in [0.4, 0.5) is 0 Å². The van der Waals surface area contributed by atoms with Gasteiger partial charge in [-0.05, 0) is 37.3 Å². The van der Waals surface area contributed by atoms with Crippen LogP contribution in [0.2, 0.25) is 0 Å². The average Bonchev–Trinajstić information content (AvgIpc) is 2.47. The van der Waals surface area contributed by atoms with Gasteiger partial charge in [0.15, 0.2) is 5.78 Å². The Bertz CT molecular complexity index is 481.